The number of rotatable bonds is 4. The normalized spacial score (nSPS) is 13.9. The minimum Gasteiger partial charge on any atom is -0.268 e. The van der Waals surface area contributed by atoms with E-state index in [0.29, 0.717) is 5.92 Å². The Morgan fingerprint density at radius 2 is 1.81 bits per heavy atom. The Kier molecular flexibility index (Phi) is 4.19. The molecule has 116 valence electrons. The van der Waals surface area contributed by atoms with Crippen LogP contribution in [0.3, 0.4) is 0 Å². The third-order valence-electron chi connectivity index (χ3n) is 5.47. The van der Waals surface area contributed by atoms with Crippen molar-refractivity contribution in [3.63, 3.8) is 0 Å². The van der Waals surface area contributed by atoms with Crippen molar-refractivity contribution in [3.05, 3.63) is 28.5 Å². The van der Waals surface area contributed by atoms with Crippen molar-refractivity contribution in [2.24, 2.45) is 7.05 Å². The molecule has 1 aromatic heterocycles. The van der Waals surface area contributed by atoms with Crippen LogP contribution in [0.5, 0.6) is 0 Å². The number of benzene rings is 1. The number of hydrogen-bond donors (Lipinski definition) is 0. The number of hydrogen-bond acceptors (Lipinski definition) is 1. The molecular formula is C19H30N2. The van der Waals surface area contributed by atoms with Gasteiger partial charge < -0.3 is 0 Å². The van der Waals surface area contributed by atoms with Crippen LogP contribution in [0.4, 0.5) is 0 Å². The van der Waals surface area contributed by atoms with E-state index < -0.39 is 0 Å². The van der Waals surface area contributed by atoms with Crippen molar-refractivity contribution in [1.82, 2.24) is 9.78 Å². The SMILES string of the molecule is CCC(C)c1c(C)c(C)c(C(C)(C)CC)c2cnn(C)c12. The lowest BCUT2D eigenvalue weighted by molar-refractivity contribution is 0.507. The van der Waals surface area contributed by atoms with Gasteiger partial charge in [-0.3, -0.25) is 4.68 Å². The largest absolute Gasteiger partial charge is 0.268 e. The average molecular weight is 286 g/mol. The summed E-state index contributed by atoms with van der Waals surface area (Å²) >= 11 is 0. The van der Waals surface area contributed by atoms with Crippen LogP contribution in [0, 0.1) is 13.8 Å². The highest BCUT2D eigenvalue weighted by Crippen LogP contribution is 2.41. The van der Waals surface area contributed by atoms with Crippen LogP contribution < -0.4 is 0 Å². The maximum absolute atomic E-state index is 4.58. The van der Waals surface area contributed by atoms with Crippen LogP contribution in [0.15, 0.2) is 6.20 Å². The zero-order valence-corrected chi connectivity index (χ0v) is 15.0. The second kappa shape index (κ2) is 5.47. The lowest BCUT2D eigenvalue weighted by atomic mass is 9.75. The van der Waals surface area contributed by atoms with Gasteiger partial charge in [-0.2, -0.15) is 5.10 Å². The summed E-state index contributed by atoms with van der Waals surface area (Å²) in [6.45, 7) is 16.2. The first-order valence-electron chi connectivity index (χ1n) is 8.21. The van der Waals surface area contributed by atoms with Crippen molar-refractivity contribution in [2.75, 3.05) is 0 Å². The fourth-order valence-corrected chi connectivity index (χ4v) is 3.57. The van der Waals surface area contributed by atoms with E-state index >= 15 is 0 Å². The van der Waals surface area contributed by atoms with Crippen LogP contribution in [-0.2, 0) is 12.5 Å². The van der Waals surface area contributed by atoms with Crippen molar-refractivity contribution in [1.29, 1.82) is 0 Å². The Morgan fingerprint density at radius 3 is 2.33 bits per heavy atom. The fraction of sp³-hybridized carbons (Fsp3) is 0.632. The van der Waals surface area contributed by atoms with Gasteiger partial charge in [0.1, 0.15) is 0 Å². The van der Waals surface area contributed by atoms with Gasteiger partial charge in [-0.05, 0) is 60.3 Å². The van der Waals surface area contributed by atoms with E-state index in [-0.39, 0.29) is 5.41 Å². The molecule has 21 heavy (non-hydrogen) atoms. The number of fused-ring (bicyclic) bond motifs is 1. The molecule has 0 N–H and O–H groups in total. The summed E-state index contributed by atoms with van der Waals surface area (Å²) in [6, 6.07) is 0. The Balaban J connectivity index is 2.96. The molecule has 1 aromatic carbocycles. The lowest BCUT2D eigenvalue weighted by Crippen LogP contribution is -2.19. The highest BCUT2D eigenvalue weighted by Gasteiger charge is 2.28. The molecular weight excluding hydrogens is 256 g/mol. The quantitative estimate of drug-likeness (QED) is 0.736. The predicted octanol–water partition coefficient (Wildman–Crippen LogP) is 5.39. The zero-order chi connectivity index (χ0) is 15.9. The minimum absolute atomic E-state index is 0.185. The van der Waals surface area contributed by atoms with Gasteiger partial charge in [0.25, 0.3) is 0 Å². The fourth-order valence-electron chi connectivity index (χ4n) is 3.57. The van der Waals surface area contributed by atoms with Crippen LogP contribution in [0.1, 0.15) is 75.6 Å². The standard InChI is InChI=1S/C19H30N2/c1-9-12(3)16-13(4)14(5)17(19(6,7)10-2)15-11-20-21(8)18(15)16/h11-12H,9-10H2,1-8H3. The molecule has 1 heterocycles. The van der Waals surface area contributed by atoms with Crippen molar-refractivity contribution < 1.29 is 0 Å². The van der Waals surface area contributed by atoms with Crippen molar-refractivity contribution >= 4 is 10.9 Å². The second-order valence-corrected chi connectivity index (χ2v) is 7.12. The molecule has 0 aliphatic carbocycles. The molecule has 0 aliphatic rings. The van der Waals surface area contributed by atoms with Crippen LogP contribution in [0.25, 0.3) is 10.9 Å². The maximum atomic E-state index is 4.58. The van der Waals surface area contributed by atoms with E-state index in [9.17, 15) is 0 Å². The Hall–Kier alpha value is -1.31. The topological polar surface area (TPSA) is 17.8 Å². The van der Waals surface area contributed by atoms with Gasteiger partial charge in [0, 0.05) is 12.4 Å². The predicted molar refractivity (Wildman–Crippen MR) is 92.2 cm³/mol. The Labute approximate surface area is 129 Å². The summed E-state index contributed by atoms with van der Waals surface area (Å²) in [5.74, 6) is 0.570. The summed E-state index contributed by atoms with van der Waals surface area (Å²) in [4.78, 5) is 0. The molecule has 2 aromatic rings. The molecule has 0 saturated heterocycles. The molecule has 0 radical (unpaired) electrons. The van der Waals surface area contributed by atoms with Gasteiger partial charge in [0.2, 0.25) is 0 Å². The van der Waals surface area contributed by atoms with Gasteiger partial charge in [-0.1, -0.05) is 34.6 Å². The Bertz CT molecular complexity index is 662. The zero-order valence-electron chi connectivity index (χ0n) is 15.0. The highest BCUT2D eigenvalue weighted by atomic mass is 15.2. The van der Waals surface area contributed by atoms with Gasteiger partial charge in [0.05, 0.1) is 11.7 Å². The van der Waals surface area contributed by atoms with E-state index in [1.54, 1.807) is 0 Å². The molecule has 1 atom stereocenters. The first-order chi connectivity index (χ1) is 9.76. The number of aryl methyl sites for hydroxylation is 1. The molecule has 0 bridgehead atoms. The molecule has 2 nitrogen and oxygen atoms in total. The van der Waals surface area contributed by atoms with E-state index in [2.05, 4.69) is 71.5 Å². The van der Waals surface area contributed by atoms with Gasteiger partial charge in [-0.15, -0.1) is 0 Å². The number of aromatic nitrogens is 2. The Morgan fingerprint density at radius 1 is 1.19 bits per heavy atom. The summed E-state index contributed by atoms with van der Waals surface area (Å²) in [5.41, 5.74) is 7.40. The summed E-state index contributed by atoms with van der Waals surface area (Å²) < 4.78 is 2.07. The first-order valence-corrected chi connectivity index (χ1v) is 8.21. The monoisotopic (exact) mass is 286 g/mol. The maximum Gasteiger partial charge on any atom is 0.0719 e. The van der Waals surface area contributed by atoms with Crippen LogP contribution in [0.2, 0.25) is 0 Å². The molecule has 0 aliphatic heterocycles. The van der Waals surface area contributed by atoms with E-state index in [1.165, 1.54) is 33.2 Å². The molecule has 0 fully saturated rings. The molecule has 2 rings (SSSR count). The van der Waals surface area contributed by atoms with E-state index in [4.69, 9.17) is 0 Å². The molecule has 0 saturated carbocycles. The van der Waals surface area contributed by atoms with Crippen LogP contribution in [-0.4, -0.2) is 9.78 Å². The first kappa shape index (κ1) is 16.1. The molecule has 0 spiro atoms. The highest BCUT2D eigenvalue weighted by molar-refractivity contribution is 5.89. The second-order valence-electron chi connectivity index (χ2n) is 7.12. The van der Waals surface area contributed by atoms with Gasteiger partial charge >= 0.3 is 0 Å². The van der Waals surface area contributed by atoms with Gasteiger partial charge in [-0.25, -0.2) is 0 Å². The van der Waals surface area contributed by atoms with Crippen LogP contribution >= 0.6 is 0 Å². The lowest BCUT2D eigenvalue weighted by Gasteiger charge is -2.30. The molecule has 0 amide bonds. The third kappa shape index (κ3) is 2.39. The number of nitrogens with zero attached hydrogens (tertiary/aromatic N) is 2. The summed E-state index contributed by atoms with van der Waals surface area (Å²) in [5, 5.41) is 5.93. The minimum atomic E-state index is 0.185. The summed E-state index contributed by atoms with van der Waals surface area (Å²) in [6.07, 6.45) is 4.37. The van der Waals surface area contributed by atoms with Crippen molar-refractivity contribution in [3.8, 4) is 0 Å². The summed E-state index contributed by atoms with van der Waals surface area (Å²) in [7, 11) is 2.08. The van der Waals surface area contributed by atoms with E-state index in [1.807, 2.05) is 0 Å². The van der Waals surface area contributed by atoms with Gasteiger partial charge in [0.15, 0.2) is 0 Å². The molecule has 2 heteroatoms. The third-order valence-corrected chi connectivity index (χ3v) is 5.47. The average Bonchev–Trinajstić information content (AvgIpc) is 2.81. The smallest absolute Gasteiger partial charge is 0.0719 e. The van der Waals surface area contributed by atoms with E-state index in [0.717, 1.165) is 12.8 Å². The van der Waals surface area contributed by atoms with Crippen molar-refractivity contribution in [2.45, 2.75) is 72.6 Å². The molecule has 1 unspecified atom stereocenters.